The number of carboxylic acids is 1. The third-order valence-electron chi connectivity index (χ3n) is 2.12. The summed E-state index contributed by atoms with van der Waals surface area (Å²) in [5, 5.41) is 14.3. The molecule has 5 nitrogen and oxygen atoms in total. The van der Waals surface area contributed by atoms with Crippen LogP contribution in [0.5, 0.6) is 0 Å². The fourth-order valence-corrected chi connectivity index (χ4v) is 2.08. The Hall–Kier alpha value is -1.95. The average molecular weight is 249 g/mol. The third-order valence-corrected chi connectivity index (χ3v) is 3.03. The number of aromatic carboxylic acids is 1. The van der Waals surface area contributed by atoms with Crippen LogP contribution in [0.2, 0.25) is 0 Å². The standard InChI is InChI=1S/C11H11N3O2S/c15-11(16)9-7-17-10(14-9)3-6-13-8-1-4-12-5-2-8/h1-2,4-5,7H,3,6H2,(H,12,13)(H,15,16). The molecule has 0 aliphatic rings. The zero-order chi connectivity index (χ0) is 12.1. The molecule has 2 heterocycles. The molecule has 2 rings (SSSR count). The van der Waals surface area contributed by atoms with Crippen molar-refractivity contribution in [3.63, 3.8) is 0 Å². The average Bonchev–Trinajstić information content (AvgIpc) is 2.79. The number of hydrogen-bond donors (Lipinski definition) is 2. The minimum absolute atomic E-state index is 0.119. The van der Waals surface area contributed by atoms with Crippen LogP contribution in [0.15, 0.2) is 29.9 Å². The van der Waals surface area contributed by atoms with Gasteiger partial charge in [-0.05, 0) is 12.1 Å². The predicted octanol–water partition coefficient (Wildman–Crippen LogP) is 1.89. The summed E-state index contributed by atoms with van der Waals surface area (Å²) in [4.78, 5) is 18.6. The molecule has 2 N–H and O–H groups in total. The van der Waals surface area contributed by atoms with Crippen molar-refractivity contribution in [2.75, 3.05) is 11.9 Å². The van der Waals surface area contributed by atoms with Gasteiger partial charge in [-0.1, -0.05) is 0 Å². The maximum absolute atomic E-state index is 10.6. The maximum atomic E-state index is 10.6. The number of thiazole rings is 1. The highest BCUT2D eigenvalue weighted by molar-refractivity contribution is 7.09. The lowest BCUT2D eigenvalue weighted by atomic mass is 10.3. The monoisotopic (exact) mass is 249 g/mol. The fourth-order valence-electron chi connectivity index (χ4n) is 1.31. The molecule has 0 spiro atoms. The second-order valence-electron chi connectivity index (χ2n) is 3.34. The summed E-state index contributed by atoms with van der Waals surface area (Å²) < 4.78 is 0. The van der Waals surface area contributed by atoms with Gasteiger partial charge in [0, 0.05) is 36.4 Å². The summed E-state index contributed by atoms with van der Waals surface area (Å²) >= 11 is 1.37. The van der Waals surface area contributed by atoms with Crippen LogP contribution >= 0.6 is 11.3 Å². The van der Waals surface area contributed by atoms with Gasteiger partial charge in [0.15, 0.2) is 5.69 Å². The molecule has 0 unspecified atom stereocenters. The molecule has 0 atom stereocenters. The number of aromatic nitrogens is 2. The van der Waals surface area contributed by atoms with Crippen LogP contribution in [0, 0.1) is 0 Å². The molecule has 88 valence electrons. The first-order chi connectivity index (χ1) is 8.25. The van der Waals surface area contributed by atoms with Crippen molar-refractivity contribution in [2.24, 2.45) is 0 Å². The molecule has 2 aromatic rings. The van der Waals surface area contributed by atoms with E-state index in [0.29, 0.717) is 6.42 Å². The lowest BCUT2D eigenvalue weighted by molar-refractivity contribution is 0.0691. The number of nitrogens with zero attached hydrogens (tertiary/aromatic N) is 2. The molecule has 0 saturated heterocycles. The molecule has 0 saturated carbocycles. The normalized spacial score (nSPS) is 10.1. The summed E-state index contributed by atoms with van der Waals surface area (Å²) in [5.74, 6) is -0.977. The van der Waals surface area contributed by atoms with E-state index in [9.17, 15) is 4.79 Å². The number of pyridine rings is 1. The third kappa shape index (κ3) is 3.25. The van der Waals surface area contributed by atoms with Crippen LogP contribution in [-0.2, 0) is 6.42 Å². The number of carbonyl (C=O) groups is 1. The lowest BCUT2D eigenvalue weighted by Crippen LogP contribution is -2.05. The second-order valence-corrected chi connectivity index (χ2v) is 4.29. The molecule has 0 aliphatic heterocycles. The van der Waals surface area contributed by atoms with E-state index in [1.165, 1.54) is 11.3 Å². The van der Waals surface area contributed by atoms with E-state index in [4.69, 9.17) is 5.11 Å². The van der Waals surface area contributed by atoms with E-state index < -0.39 is 5.97 Å². The Labute approximate surface area is 102 Å². The van der Waals surface area contributed by atoms with Gasteiger partial charge in [-0.2, -0.15) is 0 Å². The van der Waals surface area contributed by atoms with Crippen LogP contribution in [0.1, 0.15) is 15.5 Å². The van der Waals surface area contributed by atoms with Gasteiger partial charge in [0.1, 0.15) is 0 Å². The molecule has 0 fully saturated rings. The molecule has 0 radical (unpaired) electrons. The summed E-state index contributed by atoms with van der Waals surface area (Å²) in [6, 6.07) is 3.76. The Morgan fingerprint density at radius 2 is 2.18 bits per heavy atom. The molecule has 0 aromatic carbocycles. The smallest absolute Gasteiger partial charge is 0.355 e. The lowest BCUT2D eigenvalue weighted by Gasteiger charge is -2.03. The zero-order valence-corrected chi connectivity index (χ0v) is 9.78. The molecule has 0 bridgehead atoms. The Bertz CT molecular complexity index is 498. The number of rotatable bonds is 5. The van der Waals surface area contributed by atoms with Crippen molar-refractivity contribution >= 4 is 23.0 Å². The summed E-state index contributed by atoms with van der Waals surface area (Å²) in [6.07, 6.45) is 4.14. The van der Waals surface area contributed by atoms with Crippen molar-refractivity contribution in [3.05, 3.63) is 40.6 Å². The van der Waals surface area contributed by atoms with Gasteiger partial charge in [-0.15, -0.1) is 11.3 Å². The van der Waals surface area contributed by atoms with Crippen LogP contribution in [-0.4, -0.2) is 27.6 Å². The summed E-state index contributed by atoms with van der Waals surface area (Å²) in [6.45, 7) is 0.719. The van der Waals surface area contributed by atoms with Gasteiger partial charge in [0.25, 0.3) is 0 Å². The molecular weight excluding hydrogens is 238 g/mol. The Balaban J connectivity index is 1.84. The van der Waals surface area contributed by atoms with E-state index in [1.54, 1.807) is 17.8 Å². The summed E-state index contributed by atoms with van der Waals surface area (Å²) in [5.41, 5.74) is 1.11. The number of carboxylic acid groups (broad SMARTS) is 1. The van der Waals surface area contributed by atoms with E-state index in [2.05, 4.69) is 15.3 Å². The van der Waals surface area contributed by atoms with Gasteiger partial charge in [0.2, 0.25) is 0 Å². The molecular formula is C11H11N3O2S. The molecule has 0 aliphatic carbocycles. The first-order valence-corrected chi connectivity index (χ1v) is 5.95. The Morgan fingerprint density at radius 1 is 1.41 bits per heavy atom. The number of anilines is 1. The SMILES string of the molecule is O=C(O)c1csc(CCNc2ccncc2)n1. The largest absolute Gasteiger partial charge is 0.476 e. The maximum Gasteiger partial charge on any atom is 0.355 e. The van der Waals surface area contributed by atoms with E-state index in [1.807, 2.05) is 12.1 Å². The number of hydrogen-bond acceptors (Lipinski definition) is 5. The van der Waals surface area contributed by atoms with E-state index >= 15 is 0 Å². The minimum atomic E-state index is -0.977. The minimum Gasteiger partial charge on any atom is -0.476 e. The highest BCUT2D eigenvalue weighted by Crippen LogP contribution is 2.11. The first kappa shape index (κ1) is 11.5. The number of nitrogens with one attached hydrogen (secondary N) is 1. The highest BCUT2D eigenvalue weighted by Gasteiger charge is 2.07. The van der Waals surface area contributed by atoms with Gasteiger partial charge in [-0.3, -0.25) is 4.98 Å². The Morgan fingerprint density at radius 3 is 2.82 bits per heavy atom. The van der Waals surface area contributed by atoms with Crippen molar-refractivity contribution in [1.29, 1.82) is 0 Å². The molecule has 17 heavy (non-hydrogen) atoms. The van der Waals surface area contributed by atoms with E-state index in [-0.39, 0.29) is 5.69 Å². The van der Waals surface area contributed by atoms with Gasteiger partial charge < -0.3 is 10.4 Å². The van der Waals surface area contributed by atoms with Crippen LogP contribution in [0.3, 0.4) is 0 Å². The van der Waals surface area contributed by atoms with Crippen molar-refractivity contribution in [2.45, 2.75) is 6.42 Å². The van der Waals surface area contributed by atoms with Crippen LogP contribution in [0.25, 0.3) is 0 Å². The van der Waals surface area contributed by atoms with Crippen LogP contribution < -0.4 is 5.32 Å². The zero-order valence-electron chi connectivity index (χ0n) is 8.96. The molecule has 2 aromatic heterocycles. The first-order valence-electron chi connectivity index (χ1n) is 5.07. The van der Waals surface area contributed by atoms with E-state index in [0.717, 1.165) is 17.2 Å². The molecule has 0 amide bonds. The fraction of sp³-hybridized carbons (Fsp3) is 0.182. The van der Waals surface area contributed by atoms with Crippen molar-refractivity contribution in [3.8, 4) is 0 Å². The Kier molecular flexibility index (Phi) is 3.66. The van der Waals surface area contributed by atoms with Crippen LogP contribution in [0.4, 0.5) is 5.69 Å². The van der Waals surface area contributed by atoms with Crippen molar-refractivity contribution < 1.29 is 9.90 Å². The quantitative estimate of drug-likeness (QED) is 0.846. The topological polar surface area (TPSA) is 75.1 Å². The molecule has 6 heteroatoms. The van der Waals surface area contributed by atoms with Crippen molar-refractivity contribution in [1.82, 2.24) is 9.97 Å². The predicted molar refractivity (Wildman–Crippen MR) is 65.5 cm³/mol. The second kappa shape index (κ2) is 5.40. The highest BCUT2D eigenvalue weighted by atomic mass is 32.1. The summed E-state index contributed by atoms with van der Waals surface area (Å²) in [7, 11) is 0. The van der Waals surface area contributed by atoms with Gasteiger partial charge in [0.05, 0.1) is 5.01 Å². The van der Waals surface area contributed by atoms with Gasteiger partial charge >= 0.3 is 5.97 Å². The van der Waals surface area contributed by atoms with Gasteiger partial charge in [-0.25, -0.2) is 9.78 Å².